The second kappa shape index (κ2) is 8.09. The average molecular weight is 409 g/mol. The van der Waals surface area contributed by atoms with E-state index in [1.54, 1.807) is 36.0 Å². The molecule has 1 aliphatic rings. The Morgan fingerprint density at radius 1 is 1.00 bits per heavy atom. The van der Waals surface area contributed by atoms with Gasteiger partial charge in [0, 0.05) is 22.0 Å². The summed E-state index contributed by atoms with van der Waals surface area (Å²) >= 11 is 7.46. The molecule has 1 N–H and O–H groups in total. The highest BCUT2D eigenvalue weighted by molar-refractivity contribution is 8.00. The van der Waals surface area contributed by atoms with E-state index in [2.05, 4.69) is 5.32 Å². The number of hydrogen-bond donors (Lipinski definition) is 1. The predicted molar refractivity (Wildman–Crippen MR) is 115 cm³/mol. The lowest BCUT2D eigenvalue weighted by atomic mass is 10.1. The van der Waals surface area contributed by atoms with Crippen molar-refractivity contribution in [3.05, 3.63) is 95.0 Å². The lowest BCUT2D eigenvalue weighted by Crippen LogP contribution is -2.27. The van der Waals surface area contributed by atoms with Gasteiger partial charge in [-0.05, 0) is 54.1 Å². The number of carbonyl (C=O) groups excluding carboxylic acids is 2. The number of thioether (sulfide) groups is 1. The Morgan fingerprint density at radius 3 is 2.50 bits per heavy atom. The summed E-state index contributed by atoms with van der Waals surface area (Å²) in [7, 11) is 0. The molecule has 2 amide bonds. The van der Waals surface area contributed by atoms with Crippen LogP contribution in [0, 0.1) is 0 Å². The summed E-state index contributed by atoms with van der Waals surface area (Å²) in [6, 6.07) is 24.0. The number of amides is 2. The first-order valence-corrected chi connectivity index (χ1v) is 10.2. The molecule has 0 bridgehead atoms. The fourth-order valence-electron chi connectivity index (χ4n) is 3.11. The summed E-state index contributed by atoms with van der Waals surface area (Å²) in [5, 5.41) is 3.38. The molecule has 4 nitrogen and oxygen atoms in total. The van der Waals surface area contributed by atoms with Crippen LogP contribution < -0.4 is 10.2 Å². The number of nitrogens with zero attached hydrogens (tertiary/aromatic N) is 1. The molecule has 6 heteroatoms. The van der Waals surface area contributed by atoms with Crippen molar-refractivity contribution in [3.8, 4) is 0 Å². The summed E-state index contributed by atoms with van der Waals surface area (Å²) in [4.78, 5) is 26.7. The zero-order valence-corrected chi connectivity index (χ0v) is 16.4. The molecule has 28 heavy (non-hydrogen) atoms. The van der Waals surface area contributed by atoms with Gasteiger partial charge in [0.1, 0.15) is 5.37 Å². The molecule has 0 radical (unpaired) electrons. The lowest BCUT2D eigenvalue weighted by molar-refractivity contribution is -0.115. The summed E-state index contributed by atoms with van der Waals surface area (Å²) < 4.78 is 0. The van der Waals surface area contributed by atoms with Crippen molar-refractivity contribution in [2.24, 2.45) is 0 Å². The molecule has 1 atom stereocenters. The van der Waals surface area contributed by atoms with E-state index >= 15 is 0 Å². The molecule has 3 aromatic carbocycles. The Labute approximate surface area is 172 Å². The molecule has 1 heterocycles. The van der Waals surface area contributed by atoms with Crippen LogP contribution >= 0.6 is 23.4 Å². The first kappa shape index (κ1) is 18.6. The van der Waals surface area contributed by atoms with Gasteiger partial charge >= 0.3 is 0 Å². The molecular weight excluding hydrogens is 392 g/mol. The summed E-state index contributed by atoms with van der Waals surface area (Å²) in [5.41, 5.74) is 3.06. The second-order valence-electron chi connectivity index (χ2n) is 6.35. The van der Waals surface area contributed by atoms with Gasteiger partial charge in [0.15, 0.2) is 0 Å². The van der Waals surface area contributed by atoms with Gasteiger partial charge in [-0.15, -0.1) is 11.8 Å². The third-order valence-electron chi connectivity index (χ3n) is 4.44. The smallest absolute Gasteiger partial charge is 0.255 e. The monoisotopic (exact) mass is 408 g/mol. The van der Waals surface area contributed by atoms with Crippen LogP contribution in [0.2, 0.25) is 5.02 Å². The van der Waals surface area contributed by atoms with Crippen molar-refractivity contribution >= 4 is 46.6 Å². The normalized spacial score (nSPS) is 16.2. The van der Waals surface area contributed by atoms with Crippen LogP contribution in [0.25, 0.3) is 0 Å². The Kier molecular flexibility index (Phi) is 5.37. The molecule has 140 valence electrons. The van der Waals surface area contributed by atoms with Crippen molar-refractivity contribution in [3.63, 3.8) is 0 Å². The largest absolute Gasteiger partial charge is 0.322 e. The quantitative estimate of drug-likeness (QED) is 0.631. The molecule has 0 aromatic heterocycles. The van der Waals surface area contributed by atoms with E-state index in [1.165, 1.54) is 0 Å². The van der Waals surface area contributed by atoms with Crippen LogP contribution in [0.5, 0.6) is 0 Å². The minimum atomic E-state index is -0.205. The highest BCUT2D eigenvalue weighted by Crippen LogP contribution is 2.42. The van der Waals surface area contributed by atoms with E-state index in [0.717, 1.165) is 11.3 Å². The topological polar surface area (TPSA) is 49.4 Å². The van der Waals surface area contributed by atoms with Gasteiger partial charge in [-0.3, -0.25) is 14.5 Å². The van der Waals surface area contributed by atoms with Crippen LogP contribution in [0.1, 0.15) is 21.3 Å². The standard InChI is InChI=1S/C22H17ClN2O2S/c23-17-11-9-15(10-12-17)21(27)24-18-6-4-5-16(13-18)22-25(20(26)14-28-22)19-7-2-1-3-8-19/h1-13,22H,14H2,(H,24,27). The molecule has 1 aliphatic heterocycles. The van der Waals surface area contributed by atoms with Gasteiger partial charge in [-0.1, -0.05) is 41.9 Å². The fourth-order valence-corrected chi connectivity index (χ4v) is 4.41. The van der Waals surface area contributed by atoms with E-state index in [9.17, 15) is 9.59 Å². The predicted octanol–water partition coefficient (Wildman–Crippen LogP) is 5.37. The van der Waals surface area contributed by atoms with E-state index in [4.69, 9.17) is 11.6 Å². The number of nitrogens with one attached hydrogen (secondary N) is 1. The maximum absolute atomic E-state index is 12.5. The van der Waals surface area contributed by atoms with Gasteiger partial charge in [0.05, 0.1) is 5.75 Å². The zero-order valence-electron chi connectivity index (χ0n) is 14.8. The molecule has 1 fully saturated rings. The number of benzene rings is 3. The van der Waals surface area contributed by atoms with E-state index in [-0.39, 0.29) is 17.2 Å². The number of rotatable bonds is 4. The Balaban J connectivity index is 1.57. The van der Waals surface area contributed by atoms with Crippen molar-refractivity contribution in [2.75, 3.05) is 16.0 Å². The van der Waals surface area contributed by atoms with Crippen LogP contribution in [0.15, 0.2) is 78.9 Å². The van der Waals surface area contributed by atoms with E-state index < -0.39 is 0 Å². The van der Waals surface area contributed by atoms with Crippen molar-refractivity contribution in [2.45, 2.75) is 5.37 Å². The SMILES string of the molecule is O=C(Nc1cccc(C2SCC(=O)N2c2ccccc2)c1)c1ccc(Cl)cc1. The number of halogens is 1. The number of carbonyl (C=O) groups is 2. The first-order chi connectivity index (χ1) is 13.6. The molecule has 3 aromatic rings. The Hall–Kier alpha value is -2.76. The van der Waals surface area contributed by atoms with Gasteiger partial charge < -0.3 is 5.32 Å². The second-order valence-corrected chi connectivity index (χ2v) is 7.85. The molecule has 1 unspecified atom stereocenters. The van der Waals surface area contributed by atoms with E-state index in [1.807, 2.05) is 59.5 Å². The highest BCUT2D eigenvalue weighted by atomic mass is 35.5. The first-order valence-electron chi connectivity index (χ1n) is 8.77. The van der Waals surface area contributed by atoms with Crippen LogP contribution in [-0.2, 0) is 4.79 Å². The van der Waals surface area contributed by atoms with Crippen LogP contribution in [0.4, 0.5) is 11.4 Å². The van der Waals surface area contributed by atoms with Crippen LogP contribution in [0.3, 0.4) is 0 Å². The Bertz CT molecular complexity index is 1010. The molecule has 0 saturated carbocycles. The summed E-state index contributed by atoms with van der Waals surface area (Å²) in [6.45, 7) is 0. The molecular formula is C22H17ClN2O2S. The molecule has 4 rings (SSSR count). The molecule has 1 saturated heterocycles. The van der Waals surface area contributed by atoms with Gasteiger partial charge in [0.25, 0.3) is 5.91 Å². The molecule has 0 aliphatic carbocycles. The Morgan fingerprint density at radius 2 is 1.75 bits per heavy atom. The van der Waals surface area contributed by atoms with Crippen molar-refractivity contribution in [1.29, 1.82) is 0 Å². The van der Waals surface area contributed by atoms with Crippen molar-refractivity contribution in [1.82, 2.24) is 0 Å². The minimum absolute atomic E-state index is 0.0804. The maximum atomic E-state index is 12.5. The van der Waals surface area contributed by atoms with Gasteiger partial charge in [-0.2, -0.15) is 0 Å². The lowest BCUT2D eigenvalue weighted by Gasteiger charge is -2.24. The third kappa shape index (κ3) is 3.91. The van der Waals surface area contributed by atoms with E-state index in [0.29, 0.717) is 22.0 Å². The third-order valence-corrected chi connectivity index (χ3v) is 5.90. The average Bonchev–Trinajstić information content (AvgIpc) is 3.11. The number of anilines is 2. The fraction of sp³-hybridized carbons (Fsp3) is 0.0909. The zero-order chi connectivity index (χ0) is 19.5. The van der Waals surface area contributed by atoms with Gasteiger partial charge in [0.2, 0.25) is 5.91 Å². The summed E-state index contributed by atoms with van der Waals surface area (Å²) in [6.07, 6.45) is 0. The van der Waals surface area contributed by atoms with Gasteiger partial charge in [-0.25, -0.2) is 0 Å². The minimum Gasteiger partial charge on any atom is -0.322 e. The molecule has 0 spiro atoms. The van der Waals surface area contributed by atoms with Crippen molar-refractivity contribution < 1.29 is 9.59 Å². The highest BCUT2D eigenvalue weighted by Gasteiger charge is 2.34. The van der Waals surface area contributed by atoms with Crippen LogP contribution in [-0.4, -0.2) is 17.6 Å². The summed E-state index contributed by atoms with van der Waals surface area (Å²) in [5.74, 6) is 0.307. The maximum Gasteiger partial charge on any atom is 0.255 e. The number of hydrogen-bond acceptors (Lipinski definition) is 3. The number of para-hydroxylation sites is 1.